The van der Waals surface area contributed by atoms with Crippen molar-refractivity contribution in [2.45, 2.75) is 26.3 Å². The fourth-order valence-corrected chi connectivity index (χ4v) is 1.80. The predicted octanol–water partition coefficient (Wildman–Crippen LogP) is 2.80. The Hall–Kier alpha value is -2.07. The van der Waals surface area contributed by atoms with Gasteiger partial charge < -0.3 is 15.2 Å². The van der Waals surface area contributed by atoms with Gasteiger partial charge in [0, 0.05) is 29.3 Å². The van der Waals surface area contributed by atoms with Crippen LogP contribution in [0.1, 0.15) is 20.8 Å². The Bertz CT molecular complexity index is 568. The molecule has 4 nitrogen and oxygen atoms in total. The van der Waals surface area contributed by atoms with E-state index in [1.54, 1.807) is 0 Å². The molecule has 4 heteroatoms. The monoisotopic (exact) mass is 271 g/mol. The van der Waals surface area contributed by atoms with E-state index in [9.17, 15) is 4.79 Å². The van der Waals surface area contributed by atoms with E-state index in [4.69, 9.17) is 0 Å². The standard InChI is InChI=1S/C16H21N3O/c1-16(2,3)17-12-15(20)18-13-7-6-8-14(11-13)19-9-4-5-10-19/h4-11,17H,12H2,1-3H3,(H,18,20). The van der Waals surface area contributed by atoms with Gasteiger partial charge in [-0.05, 0) is 51.1 Å². The fraction of sp³-hybridized carbons (Fsp3) is 0.312. The summed E-state index contributed by atoms with van der Waals surface area (Å²) in [7, 11) is 0. The van der Waals surface area contributed by atoms with Crippen molar-refractivity contribution >= 4 is 11.6 Å². The van der Waals surface area contributed by atoms with Crippen LogP contribution in [0.5, 0.6) is 0 Å². The summed E-state index contributed by atoms with van der Waals surface area (Å²) in [5.41, 5.74) is 1.76. The van der Waals surface area contributed by atoms with E-state index in [1.807, 2.05) is 74.1 Å². The van der Waals surface area contributed by atoms with Crippen molar-refractivity contribution in [3.05, 3.63) is 48.8 Å². The summed E-state index contributed by atoms with van der Waals surface area (Å²) in [6, 6.07) is 11.7. The van der Waals surface area contributed by atoms with E-state index in [0.717, 1.165) is 11.4 Å². The highest BCUT2D eigenvalue weighted by molar-refractivity contribution is 5.92. The average molecular weight is 271 g/mol. The lowest BCUT2D eigenvalue weighted by molar-refractivity contribution is -0.115. The van der Waals surface area contributed by atoms with Crippen LogP contribution in [0.2, 0.25) is 0 Å². The number of benzene rings is 1. The molecule has 0 aliphatic heterocycles. The van der Waals surface area contributed by atoms with Crippen LogP contribution in [0.3, 0.4) is 0 Å². The topological polar surface area (TPSA) is 46.1 Å². The van der Waals surface area contributed by atoms with Crippen molar-refractivity contribution in [1.82, 2.24) is 9.88 Å². The fourth-order valence-electron chi connectivity index (χ4n) is 1.80. The van der Waals surface area contributed by atoms with Crippen LogP contribution >= 0.6 is 0 Å². The molecule has 0 saturated carbocycles. The van der Waals surface area contributed by atoms with Crippen molar-refractivity contribution in [3.8, 4) is 5.69 Å². The van der Waals surface area contributed by atoms with Gasteiger partial charge in [0.2, 0.25) is 5.91 Å². The molecule has 0 aliphatic carbocycles. The SMILES string of the molecule is CC(C)(C)NCC(=O)Nc1cccc(-n2cccc2)c1. The highest BCUT2D eigenvalue weighted by atomic mass is 16.1. The van der Waals surface area contributed by atoms with Crippen LogP contribution in [0.25, 0.3) is 5.69 Å². The number of nitrogens with zero attached hydrogens (tertiary/aromatic N) is 1. The lowest BCUT2D eigenvalue weighted by atomic mass is 10.1. The number of hydrogen-bond acceptors (Lipinski definition) is 2. The van der Waals surface area contributed by atoms with Gasteiger partial charge in [-0.1, -0.05) is 6.07 Å². The molecule has 0 spiro atoms. The molecule has 20 heavy (non-hydrogen) atoms. The zero-order chi connectivity index (χ0) is 14.6. The summed E-state index contributed by atoms with van der Waals surface area (Å²) in [5, 5.41) is 6.07. The smallest absolute Gasteiger partial charge is 0.238 e. The quantitative estimate of drug-likeness (QED) is 0.898. The molecule has 2 N–H and O–H groups in total. The molecule has 0 bridgehead atoms. The van der Waals surface area contributed by atoms with Gasteiger partial charge in [-0.3, -0.25) is 4.79 Å². The number of aromatic nitrogens is 1. The summed E-state index contributed by atoms with van der Waals surface area (Å²) in [5.74, 6) is -0.0374. The maximum absolute atomic E-state index is 11.9. The molecule has 106 valence electrons. The summed E-state index contributed by atoms with van der Waals surface area (Å²) in [6.07, 6.45) is 3.95. The van der Waals surface area contributed by atoms with Gasteiger partial charge in [-0.2, -0.15) is 0 Å². The zero-order valence-electron chi connectivity index (χ0n) is 12.2. The predicted molar refractivity (Wildman–Crippen MR) is 82.2 cm³/mol. The van der Waals surface area contributed by atoms with Crippen LogP contribution in [0, 0.1) is 0 Å². The first-order chi connectivity index (χ1) is 9.44. The first-order valence-electron chi connectivity index (χ1n) is 6.72. The number of carbonyl (C=O) groups excluding carboxylic acids is 1. The summed E-state index contributed by atoms with van der Waals surface area (Å²) < 4.78 is 2.00. The maximum atomic E-state index is 11.9. The highest BCUT2D eigenvalue weighted by Crippen LogP contribution is 2.14. The number of rotatable bonds is 4. The van der Waals surface area contributed by atoms with Crippen molar-refractivity contribution < 1.29 is 4.79 Å². The maximum Gasteiger partial charge on any atom is 0.238 e. The Morgan fingerprint density at radius 1 is 1.15 bits per heavy atom. The van der Waals surface area contributed by atoms with Crippen molar-refractivity contribution in [3.63, 3.8) is 0 Å². The lowest BCUT2D eigenvalue weighted by Gasteiger charge is -2.20. The van der Waals surface area contributed by atoms with Gasteiger partial charge in [0.25, 0.3) is 0 Å². The molecule has 1 amide bonds. The van der Waals surface area contributed by atoms with Gasteiger partial charge >= 0.3 is 0 Å². The Balaban J connectivity index is 2.00. The Kier molecular flexibility index (Phi) is 4.25. The van der Waals surface area contributed by atoms with Crippen molar-refractivity contribution in [2.75, 3.05) is 11.9 Å². The molecular formula is C16H21N3O. The minimum atomic E-state index is -0.0652. The van der Waals surface area contributed by atoms with E-state index >= 15 is 0 Å². The number of anilines is 1. The largest absolute Gasteiger partial charge is 0.325 e. The number of hydrogen-bond donors (Lipinski definition) is 2. The molecule has 0 saturated heterocycles. The van der Waals surface area contributed by atoms with Crippen molar-refractivity contribution in [1.29, 1.82) is 0 Å². The number of nitrogens with one attached hydrogen (secondary N) is 2. The molecule has 0 atom stereocenters. The summed E-state index contributed by atoms with van der Waals surface area (Å²) in [4.78, 5) is 11.9. The summed E-state index contributed by atoms with van der Waals surface area (Å²) >= 11 is 0. The first-order valence-corrected chi connectivity index (χ1v) is 6.72. The van der Waals surface area contributed by atoms with Gasteiger partial charge in [-0.25, -0.2) is 0 Å². The minimum Gasteiger partial charge on any atom is -0.325 e. The molecule has 2 aromatic rings. The van der Waals surface area contributed by atoms with E-state index in [1.165, 1.54) is 0 Å². The van der Waals surface area contributed by atoms with E-state index in [2.05, 4.69) is 10.6 Å². The molecular weight excluding hydrogens is 250 g/mol. The van der Waals surface area contributed by atoms with E-state index in [-0.39, 0.29) is 11.4 Å². The van der Waals surface area contributed by atoms with Crippen LogP contribution in [-0.4, -0.2) is 22.6 Å². The van der Waals surface area contributed by atoms with Gasteiger partial charge in [-0.15, -0.1) is 0 Å². The van der Waals surface area contributed by atoms with Gasteiger partial charge in [0.05, 0.1) is 6.54 Å². The third-order valence-electron chi connectivity index (χ3n) is 2.81. The van der Waals surface area contributed by atoms with Crippen LogP contribution < -0.4 is 10.6 Å². The highest BCUT2D eigenvalue weighted by Gasteiger charge is 2.11. The normalized spacial score (nSPS) is 11.3. The van der Waals surface area contributed by atoms with E-state index < -0.39 is 0 Å². The van der Waals surface area contributed by atoms with E-state index in [0.29, 0.717) is 6.54 Å². The average Bonchev–Trinajstić information content (AvgIpc) is 2.90. The Morgan fingerprint density at radius 3 is 2.50 bits per heavy atom. The third kappa shape index (κ3) is 4.24. The minimum absolute atomic E-state index is 0.0374. The van der Waals surface area contributed by atoms with Gasteiger partial charge in [0.1, 0.15) is 0 Å². The molecule has 0 aliphatic rings. The van der Waals surface area contributed by atoms with Crippen LogP contribution in [0.4, 0.5) is 5.69 Å². The molecule has 0 radical (unpaired) electrons. The molecule has 1 heterocycles. The summed E-state index contributed by atoms with van der Waals surface area (Å²) in [6.45, 7) is 6.41. The second-order valence-electron chi connectivity index (χ2n) is 5.79. The molecule has 0 fully saturated rings. The van der Waals surface area contributed by atoms with Gasteiger partial charge in [0.15, 0.2) is 0 Å². The Morgan fingerprint density at radius 2 is 1.85 bits per heavy atom. The van der Waals surface area contributed by atoms with Crippen LogP contribution in [0.15, 0.2) is 48.8 Å². The second kappa shape index (κ2) is 5.92. The first kappa shape index (κ1) is 14.3. The second-order valence-corrected chi connectivity index (χ2v) is 5.79. The molecule has 2 rings (SSSR count). The van der Waals surface area contributed by atoms with Crippen molar-refractivity contribution in [2.24, 2.45) is 0 Å². The lowest BCUT2D eigenvalue weighted by Crippen LogP contribution is -2.41. The zero-order valence-corrected chi connectivity index (χ0v) is 12.2. The molecule has 1 aromatic carbocycles. The molecule has 0 unspecified atom stereocenters. The third-order valence-corrected chi connectivity index (χ3v) is 2.81. The number of carbonyl (C=O) groups is 1. The molecule has 1 aromatic heterocycles. The Labute approximate surface area is 119 Å². The number of amides is 1. The van der Waals surface area contributed by atoms with Crippen LogP contribution in [-0.2, 0) is 4.79 Å².